The van der Waals surface area contributed by atoms with E-state index in [-0.39, 0.29) is 6.61 Å². The van der Waals surface area contributed by atoms with Crippen molar-refractivity contribution in [2.45, 2.75) is 6.61 Å². The topological polar surface area (TPSA) is 56.5 Å². The number of esters is 1. The Morgan fingerprint density at radius 1 is 0.774 bits per heavy atom. The largest absolute Gasteiger partial charge is 0.457 e. The highest BCUT2D eigenvalue weighted by atomic mass is 16.5. The first-order chi connectivity index (χ1) is 15.2. The molecule has 0 aliphatic rings. The number of fused-ring (bicyclic) bond motifs is 3. The summed E-state index contributed by atoms with van der Waals surface area (Å²) in [5.74, 6) is -0.443. The fourth-order valence-corrected chi connectivity index (χ4v) is 3.79. The molecule has 4 aromatic carbocycles. The molecule has 0 aliphatic heterocycles. The first-order valence-electron chi connectivity index (χ1n) is 9.96. The lowest BCUT2D eigenvalue weighted by Crippen LogP contribution is -2.08. The Morgan fingerprint density at radius 2 is 1.48 bits per heavy atom. The summed E-state index contributed by atoms with van der Waals surface area (Å²) >= 11 is 0. The van der Waals surface area contributed by atoms with E-state index in [0.29, 0.717) is 16.7 Å². The molecular formula is C27H18O4. The van der Waals surface area contributed by atoms with Crippen LogP contribution in [0.2, 0.25) is 0 Å². The van der Waals surface area contributed by atoms with E-state index in [9.17, 15) is 9.59 Å². The van der Waals surface area contributed by atoms with Gasteiger partial charge in [0.1, 0.15) is 12.2 Å². The minimum absolute atomic E-state index is 0.0185. The van der Waals surface area contributed by atoms with Crippen LogP contribution in [0.4, 0.5) is 0 Å². The normalized spacial score (nSPS) is 11.0. The quantitative estimate of drug-likeness (QED) is 0.210. The molecule has 4 nitrogen and oxygen atoms in total. The summed E-state index contributed by atoms with van der Waals surface area (Å²) < 4.78 is 10.9. The highest BCUT2D eigenvalue weighted by Crippen LogP contribution is 2.28. The molecular weight excluding hydrogens is 388 g/mol. The lowest BCUT2D eigenvalue weighted by molar-refractivity contribution is 0.0474. The molecule has 0 radical (unpaired) electrons. The van der Waals surface area contributed by atoms with Gasteiger partial charge in [-0.1, -0.05) is 72.8 Å². The molecule has 5 aromatic rings. The van der Waals surface area contributed by atoms with Crippen LogP contribution < -0.4 is 5.63 Å². The maximum Gasteiger partial charge on any atom is 0.338 e. The average Bonchev–Trinajstić information content (AvgIpc) is 2.82. The van der Waals surface area contributed by atoms with Gasteiger partial charge in [0.05, 0.1) is 5.56 Å². The van der Waals surface area contributed by atoms with Crippen molar-refractivity contribution in [3.63, 3.8) is 0 Å². The Balaban J connectivity index is 1.42. The summed E-state index contributed by atoms with van der Waals surface area (Å²) in [5.41, 5.74) is 3.19. The monoisotopic (exact) mass is 406 g/mol. The molecule has 0 atom stereocenters. The van der Waals surface area contributed by atoms with E-state index in [4.69, 9.17) is 9.15 Å². The zero-order valence-corrected chi connectivity index (χ0v) is 16.6. The van der Waals surface area contributed by atoms with Crippen LogP contribution in [0.1, 0.15) is 15.9 Å². The van der Waals surface area contributed by atoms with Crippen molar-refractivity contribution in [3.8, 4) is 11.1 Å². The molecule has 0 aliphatic carbocycles. The van der Waals surface area contributed by atoms with Crippen molar-refractivity contribution >= 4 is 27.7 Å². The van der Waals surface area contributed by atoms with Crippen molar-refractivity contribution in [1.29, 1.82) is 0 Å². The maximum absolute atomic E-state index is 12.6. The van der Waals surface area contributed by atoms with Crippen molar-refractivity contribution in [2.75, 3.05) is 0 Å². The van der Waals surface area contributed by atoms with Gasteiger partial charge >= 0.3 is 11.6 Å². The van der Waals surface area contributed by atoms with Crippen molar-refractivity contribution in [1.82, 2.24) is 0 Å². The Labute approximate surface area is 178 Å². The third-order valence-corrected chi connectivity index (χ3v) is 5.30. The van der Waals surface area contributed by atoms with Crippen LogP contribution in [0.15, 0.2) is 106 Å². The lowest BCUT2D eigenvalue weighted by atomic mass is 10.0. The average molecular weight is 406 g/mol. The second-order valence-electron chi connectivity index (χ2n) is 7.27. The third-order valence-electron chi connectivity index (χ3n) is 5.30. The van der Waals surface area contributed by atoms with Crippen LogP contribution in [0, 0.1) is 0 Å². The lowest BCUT2D eigenvalue weighted by Gasteiger charge is -2.10. The van der Waals surface area contributed by atoms with Gasteiger partial charge in [0.15, 0.2) is 0 Å². The number of benzene rings is 4. The molecule has 0 saturated carbocycles. The van der Waals surface area contributed by atoms with Gasteiger partial charge in [0.25, 0.3) is 0 Å². The molecule has 4 heteroatoms. The van der Waals surface area contributed by atoms with Crippen molar-refractivity contribution in [2.24, 2.45) is 0 Å². The summed E-state index contributed by atoms with van der Waals surface area (Å²) in [7, 11) is 0. The smallest absolute Gasteiger partial charge is 0.338 e. The number of hydrogen-bond donors (Lipinski definition) is 0. The predicted molar refractivity (Wildman–Crippen MR) is 121 cm³/mol. The van der Waals surface area contributed by atoms with Gasteiger partial charge in [-0.2, -0.15) is 0 Å². The maximum atomic E-state index is 12.6. The molecule has 1 aromatic heterocycles. The minimum atomic E-state index is -0.471. The van der Waals surface area contributed by atoms with Gasteiger partial charge in [0, 0.05) is 17.0 Å². The van der Waals surface area contributed by atoms with E-state index in [1.165, 1.54) is 6.07 Å². The van der Waals surface area contributed by atoms with Crippen LogP contribution in [0.5, 0.6) is 0 Å². The first-order valence-corrected chi connectivity index (χ1v) is 9.96. The molecule has 0 amide bonds. The standard InChI is InChI=1S/C27H18O4/c28-25-16-22(26-23-9-5-4-8-20(23)14-15-24(26)31-25)17-30-27(29)21-12-10-19(11-13-21)18-6-2-1-3-7-18/h1-16H,17H2. The Bertz CT molecular complexity index is 1450. The number of carbonyl (C=O) groups excluding carboxylic acids is 1. The fraction of sp³-hybridized carbons (Fsp3) is 0.0370. The van der Waals surface area contributed by atoms with E-state index < -0.39 is 11.6 Å². The van der Waals surface area contributed by atoms with E-state index in [1.807, 2.05) is 72.8 Å². The highest BCUT2D eigenvalue weighted by Gasteiger charge is 2.13. The second kappa shape index (κ2) is 7.92. The zero-order valence-electron chi connectivity index (χ0n) is 16.6. The summed E-state index contributed by atoms with van der Waals surface area (Å²) in [4.78, 5) is 24.6. The first kappa shape index (κ1) is 18.8. The molecule has 0 bridgehead atoms. The molecule has 0 N–H and O–H groups in total. The molecule has 31 heavy (non-hydrogen) atoms. The van der Waals surface area contributed by atoms with Gasteiger partial charge in [-0.25, -0.2) is 9.59 Å². The third kappa shape index (κ3) is 3.71. The summed E-state index contributed by atoms with van der Waals surface area (Å²) in [6.45, 7) is -0.0185. The summed E-state index contributed by atoms with van der Waals surface area (Å²) in [6, 6.07) is 30.1. The van der Waals surface area contributed by atoms with Gasteiger partial charge in [0.2, 0.25) is 0 Å². The minimum Gasteiger partial charge on any atom is -0.457 e. The number of carbonyl (C=O) groups is 1. The van der Waals surface area contributed by atoms with Gasteiger partial charge < -0.3 is 9.15 Å². The van der Waals surface area contributed by atoms with Crippen LogP contribution in [-0.2, 0) is 11.3 Å². The van der Waals surface area contributed by atoms with Gasteiger partial charge in [-0.15, -0.1) is 0 Å². The molecule has 5 rings (SSSR count). The summed E-state index contributed by atoms with van der Waals surface area (Å²) in [6.07, 6.45) is 0. The van der Waals surface area contributed by atoms with E-state index in [1.54, 1.807) is 18.2 Å². The molecule has 0 unspecified atom stereocenters. The number of rotatable bonds is 4. The Kier molecular flexibility index (Phi) is 4.81. The number of ether oxygens (including phenoxy) is 1. The van der Waals surface area contributed by atoms with E-state index in [0.717, 1.165) is 27.3 Å². The van der Waals surface area contributed by atoms with Crippen molar-refractivity contribution < 1.29 is 13.9 Å². The molecule has 1 heterocycles. The van der Waals surface area contributed by atoms with Gasteiger partial charge in [-0.3, -0.25) is 0 Å². The van der Waals surface area contributed by atoms with Crippen LogP contribution in [-0.4, -0.2) is 5.97 Å². The molecule has 0 fully saturated rings. The van der Waals surface area contributed by atoms with Gasteiger partial charge in [-0.05, 0) is 40.1 Å². The number of hydrogen-bond acceptors (Lipinski definition) is 4. The highest BCUT2D eigenvalue weighted by molar-refractivity contribution is 6.07. The van der Waals surface area contributed by atoms with E-state index >= 15 is 0 Å². The molecule has 0 spiro atoms. The zero-order chi connectivity index (χ0) is 21.2. The summed E-state index contributed by atoms with van der Waals surface area (Å²) in [5, 5.41) is 2.75. The van der Waals surface area contributed by atoms with Crippen LogP contribution in [0.25, 0.3) is 32.9 Å². The van der Waals surface area contributed by atoms with Crippen LogP contribution in [0.3, 0.4) is 0 Å². The Morgan fingerprint density at radius 3 is 2.29 bits per heavy atom. The molecule has 0 saturated heterocycles. The predicted octanol–water partition coefficient (Wildman–Crippen LogP) is 5.97. The fourth-order valence-electron chi connectivity index (χ4n) is 3.79. The molecule has 150 valence electrons. The van der Waals surface area contributed by atoms with Crippen LogP contribution >= 0.6 is 0 Å². The van der Waals surface area contributed by atoms with E-state index in [2.05, 4.69) is 0 Å². The second-order valence-corrected chi connectivity index (χ2v) is 7.27. The van der Waals surface area contributed by atoms with Crippen molar-refractivity contribution in [3.05, 3.63) is 119 Å². The Hall–Kier alpha value is -4.18. The SMILES string of the molecule is O=C(OCc1cc(=O)oc2ccc3ccccc3c12)c1ccc(-c2ccccc2)cc1.